The van der Waals surface area contributed by atoms with Crippen molar-refractivity contribution in [2.75, 3.05) is 6.61 Å². The lowest BCUT2D eigenvalue weighted by Crippen LogP contribution is -2.34. The molecule has 6 rings (SSSR count). The highest BCUT2D eigenvalue weighted by Gasteiger charge is 2.43. The number of ether oxygens (including phenoxy) is 1. The number of carbonyl (C=O) groups is 2. The summed E-state index contributed by atoms with van der Waals surface area (Å²) >= 11 is 12.2. The van der Waals surface area contributed by atoms with Gasteiger partial charge < -0.3 is 4.74 Å². The van der Waals surface area contributed by atoms with Crippen LogP contribution in [0.2, 0.25) is 10.0 Å². The molecule has 11 heteroatoms. The van der Waals surface area contributed by atoms with Crippen LogP contribution in [-0.2, 0) is 20.9 Å². The Labute approximate surface area is 252 Å². The molecule has 0 radical (unpaired) electrons. The van der Waals surface area contributed by atoms with E-state index in [-0.39, 0.29) is 18.5 Å². The molecule has 3 aromatic carbocycles. The van der Waals surface area contributed by atoms with Crippen LogP contribution < -0.4 is 0 Å². The van der Waals surface area contributed by atoms with Crippen molar-refractivity contribution in [3.8, 4) is 11.4 Å². The maximum atomic E-state index is 13.5. The first-order chi connectivity index (χ1) is 20.4. The number of amides is 1. The fourth-order valence-corrected chi connectivity index (χ4v) is 5.59. The number of halogens is 2. The number of carbonyl (C=O) groups excluding carboxylic acids is 2. The van der Waals surface area contributed by atoms with E-state index in [0.717, 1.165) is 52.0 Å². The Bertz CT molecular complexity index is 1650. The molecule has 2 atom stereocenters. The Kier molecular flexibility index (Phi) is 8.12. The molecular weight excluding hydrogens is 575 g/mol. The molecule has 1 fully saturated rings. The SMILES string of the molecule is O=C(Cn1nnc(-c2ccccc2)n1)OCC(=O)N1N=C2C(=Cc3ccc(Cl)cc3)CCCC2C1c1ccc(Cl)cc1. The Hall–Kier alpha value is -4.34. The van der Waals surface area contributed by atoms with Crippen molar-refractivity contribution in [3.63, 3.8) is 0 Å². The molecule has 1 amide bonds. The van der Waals surface area contributed by atoms with Gasteiger partial charge in [0.25, 0.3) is 5.91 Å². The lowest BCUT2D eigenvalue weighted by atomic mass is 9.77. The molecule has 1 aliphatic carbocycles. The summed E-state index contributed by atoms with van der Waals surface area (Å²) in [7, 11) is 0. The van der Waals surface area contributed by atoms with Crippen molar-refractivity contribution in [2.24, 2.45) is 11.0 Å². The summed E-state index contributed by atoms with van der Waals surface area (Å²) < 4.78 is 5.35. The Morgan fingerprint density at radius 3 is 2.40 bits per heavy atom. The second-order valence-corrected chi connectivity index (χ2v) is 11.0. The predicted octanol–water partition coefficient (Wildman–Crippen LogP) is 6.01. The molecular formula is C31H26Cl2N6O3. The number of rotatable bonds is 7. The number of hydrogen-bond donors (Lipinski definition) is 0. The highest BCUT2D eigenvalue weighted by atomic mass is 35.5. The van der Waals surface area contributed by atoms with E-state index in [1.165, 1.54) is 5.01 Å². The standard InChI is InChI=1S/C31H26Cl2N6O3/c32-24-13-9-20(10-14-24)17-23-7-4-8-26-29(23)35-39(30(26)21-11-15-25(33)16-12-21)27(40)19-42-28(41)18-38-36-31(34-37-38)22-5-2-1-3-6-22/h1-3,5-6,9-17,26,30H,4,7-8,18-19H2. The number of nitrogens with zero attached hydrogens (tertiary/aromatic N) is 6. The quantitative estimate of drug-likeness (QED) is 0.241. The van der Waals surface area contributed by atoms with Crippen LogP contribution in [0.15, 0.2) is 89.5 Å². The van der Waals surface area contributed by atoms with Gasteiger partial charge in [-0.3, -0.25) is 4.79 Å². The molecule has 2 unspecified atom stereocenters. The summed E-state index contributed by atoms with van der Waals surface area (Å²) in [6.45, 7) is -0.748. The highest BCUT2D eigenvalue weighted by molar-refractivity contribution is 6.30. The van der Waals surface area contributed by atoms with Gasteiger partial charge in [0.2, 0.25) is 5.82 Å². The van der Waals surface area contributed by atoms with Crippen LogP contribution in [0.25, 0.3) is 17.5 Å². The van der Waals surface area contributed by atoms with Gasteiger partial charge in [-0.05, 0) is 71.5 Å². The van der Waals surface area contributed by atoms with Crippen molar-refractivity contribution in [3.05, 3.63) is 106 Å². The second-order valence-electron chi connectivity index (χ2n) is 10.1. The topological polar surface area (TPSA) is 103 Å². The van der Waals surface area contributed by atoms with Crippen LogP contribution in [0.3, 0.4) is 0 Å². The molecule has 9 nitrogen and oxygen atoms in total. The molecule has 1 aliphatic heterocycles. The minimum atomic E-state index is -0.656. The smallest absolute Gasteiger partial charge is 0.330 e. The molecule has 1 aromatic heterocycles. The van der Waals surface area contributed by atoms with Gasteiger partial charge in [-0.25, -0.2) is 9.80 Å². The van der Waals surface area contributed by atoms with Gasteiger partial charge in [0.15, 0.2) is 13.2 Å². The molecule has 1 saturated carbocycles. The van der Waals surface area contributed by atoms with Gasteiger partial charge in [0.1, 0.15) is 0 Å². The van der Waals surface area contributed by atoms with Gasteiger partial charge in [-0.1, -0.05) is 77.8 Å². The number of fused-ring (bicyclic) bond motifs is 1. The number of aromatic nitrogens is 4. The largest absolute Gasteiger partial charge is 0.454 e. The van der Waals surface area contributed by atoms with Crippen LogP contribution in [0.1, 0.15) is 36.4 Å². The van der Waals surface area contributed by atoms with E-state index in [4.69, 9.17) is 33.0 Å². The molecule has 0 bridgehead atoms. The summed E-state index contributed by atoms with van der Waals surface area (Å²) in [4.78, 5) is 27.3. The van der Waals surface area contributed by atoms with Crippen LogP contribution in [0.4, 0.5) is 0 Å². The number of tetrazole rings is 1. The van der Waals surface area contributed by atoms with Crippen LogP contribution >= 0.6 is 23.2 Å². The fourth-order valence-electron chi connectivity index (χ4n) is 5.34. The van der Waals surface area contributed by atoms with E-state index in [1.807, 2.05) is 66.7 Å². The average molecular weight is 601 g/mol. The van der Waals surface area contributed by atoms with Crippen molar-refractivity contribution in [2.45, 2.75) is 31.8 Å². The zero-order chi connectivity index (χ0) is 29.1. The number of benzene rings is 3. The van der Waals surface area contributed by atoms with E-state index >= 15 is 0 Å². The lowest BCUT2D eigenvalue weighted by molar-refractivity contribution is -0.153. The Morgan fingerprint density at radius 2 is 1.67 bits per heavy atom. The van der Waals surface area contributed by atoms with E-state index in [2.05, 4.69) is 21.5 Å². The number of hydrazone groups is 1. The van der Waals surface area contributed by atoms with Crippen molar-refractivity contribution in [1.82, 2.24) is 25.2 Å². The highest BCUT2D eigenvalue weighted by Crippen LogP contribution is 2.44. The third-order valence-electron chi connectivity index (χ3n) is 7.29. The maximum Gasteiger partial charge on any atom is 0.330 e. The minimum Gasteiger partial charge on any atom is -0.454 e. The third-order valence-corrected chi connectivity index (χ3v) is 7.80. The van der Waals surface area contributed by atoms with E-state index in [9.17, 15) is 9.59 Å². The predicted molar refractivity (Wildman–Crippen MR) is 159 cm³/mol. The Morgan fingerprint density at radius 1 is 0.952 bits per heavy atom. The van der Waals surface area contributed by atoms with Crippen LogP contribution in [0, 0.1) is 5.92 Å². The molecule has 0 saturated heterocycles. The monoisotopic (exact) mass is 600 g/mol. The van der Waals surface area contributed by atoms with E-state index in [1.54, 1.807) is 12.1 Å². The van der Waals surface area contributed by atoms with Gasteiger partial charge in [-0.2, -0.15) is 9.90 Å². The third kappa shape index (κ3) is 6.12. The minimum absolute atomic E-state index is 0.00566. The van der Waals surface area contributed by atoms with Crippen LogP contribution in [0.5, 0.6) is 0 Å². The summed E-state index contributed by atoms with van der Waals surface area (Å²) in [5, 5.41) is 19.7. The molecule has 2 heterocycles. The zero-order valence-electron chi connectivity index (χ0n) is 22.4. The maximum absolute atomic E-state index is 13.5. The average Bonchev–Trinajstić information content (AvgIpc) is 3.64. The summed E-state index contributed by atoms with van der Waals surface area (Å²) in [5.74, 6) is -0.694. The number of allylic oxidation sites excluding steroid dienone is 1. The molecule has 0 spiro atoms. The molecule has 0 N–H and O–H groups in total. The molecule has 212 valence electrons. The Balaban J connectivity index is 1.19. The summed E-state index contributed by atoms with van der Waals surface area (Å²) in [6, 6.07) is 24.0. The number of esters is 1. The van der Waals surface area contributed by atoms with Crippen molar-refractivity contribution < 1.29 is 14.3 Å². The van der Waals surface area contributed by atoms with E-state index in [0.29, 0.717) is 15.9 Å². The molecule has 4 aromatic rings. The van der Waals surface area contributed by atoms with Crippen molar-refractivity contribution in [1.29, 1.82) is 0 Å². The van der Waals surface area contributed by atoms with Gasteiger partial charge in [-0.15, -0.1) is 10.2 Å². The van der Waals surface area contributed by atoms with Gasteiger partial charge in [0.05, 0.1) is 11.8 Å². The van der Waals surface area contributed by atoms with Crippen LogP contribution in [-0.4, -0.2) is 49.4 Å². The first kappa shape index (κ1) is 27.8. The molecule has 2 aliphatic rings. The first-order valence-corrected chi connectivity index (χ1v) is 14.3. The lowest BCUT2D eigenvalue weighted by Gasteiger charge is -2.29. The zero-order valence-corrected chi connectivity index (χ0v) is 23.9. The summed E-state index contributed by atoms with van der Waals surface area (Å²) in [5.41, 5.74) is 4.65. The van der Waals surface area contributed by atoms with Crippen molar-refractivity contribution >= 4 is 46.9 Å². The second kappa shape index (κ2) is 12.3. The normalized spacial score (nSPS) is 19.0. The van der Waals surface area contributed by atoms with E-state index < -0.39 is 18.5 Å². The van der Waals surface area contributed by atoms with Gasteiger partial charge >= 0.3 is 5.97 Å². The first-order valence-electron chi connectivity index (χ1n) is 13.6. The van der Waals surface area contributed by atoms with Gasteiger partial charge in [0, 0.05) is 21.5 Å². The fraction of sp³-hybridized carbons (Fsp3) is 0.226. The molecule has 42 heavy (non-hydrogen) atoms. The number of hydrogen-bond acceptors (Lipinski definition) is 7. The summed E-state index contributed by atoms with van der Waals surface area (Å²) in [6.07, 6.45) is 4.77.